The Labute approximate surface area is 105 Å². The van der Waals surface area contributed by atoms with Gasteiger partial charge < -0.3 is 0 Å². The van der Waals surface area contributed by atoms with Gasteiger partial charge in [0.2, 0.25) is 5.17 Å². The Bertz CT molecular complexity index is 480. The van der Waals surface area contributed by atoms with Crippen LogP contribution in [0.15, 0.2) is 33.4 Å². The quantitative estimate of drug-likeness (QED) is 0.694. The maximum atomic E-state index is 4.37. The Kier molecular flexibility index (Phi) is 3.22. The summed E-state index contributed by atoms with van der Waals surface area (Å²) < 4.78 is 0. The molecule has 0 atom stereocenters. The molecule has 1 aromatic rings. The highest BCUT2D eigenvalue weighted by atomic mass is 32.2. The smallest absolute Gasteiger partial charge is 0.204 e. The second-order valence-corrected chi connectivity index (χ2v) is 5.40. The van der Waals surface area contributed by atoms with Crippen molar-refractivity contribution in [1.29, 1.82) is 0 Å². The van der Waals surface area contributed by atoms with Crippen LogP contribution < -0.4 is 0 Å². The van der Waals surface area contributed by atoms with E-state index in [9.17, 15) is 0 Å². The van der Waals surface area contributed by atoms with E-state index in [1.54, 1.807) is 11.8 Å². The first kappa shape index (κ1) is 11.0. The maximum absolute atomic E-state index is 4.37. The second kappa shape index (κ2) is 5.00. The Morgan fingerprint density at radius 2 is 2.06 bits per heavy atom. The van der Waals surface area contributed by atoms with Crippen molar-refractivity contribution in [2.75, 3.05) is 12.3 Å². The molecule has 0 bridgehead atoms. The molecule has 1 heterocycles. The molecule has 0 aromatic heterocycles. The van der Waals surface area contributed by atoms with Crippen molar-refractivity contribution >= 4 is 22.6 Å². The number of amidine groups is 1. The first-order valence-corrected chi connectivity index (χ1v) is 7.12. The van der Waals surface area contributed by atoms with Gasteiger partial charge >= 0.3 is 0 Å². The molecule has 3 nitrogen and oxygen atoms in total. The maximum Gasteiger partial charge on any atom is 0.204 e. The van der Waals surface area contributed by atoms with Crippen LogP contribution in [-0.2, 0) is 12.8 Å². The number of benzene rings is 1. The first-order chi connectivity index (χ1) is 8.43. The minimum Gasteiger partial charge on any atom is -0.258 e. The zero-order chi connectivity index (χ0) is 11.5. The van der Waals surface area contributed by atoms with Gasteiger partial charge in [-0.3, -0.25) is 4.99 Å². The topological polar surface area (TPSA) is 37.1 Å². The minimum atomic E-state index is 0.832. The number of aliphatic imine (C=N–C) groups is 1. The Morgan fingerprint density at radius 3 is 2.94 bits per heavy atom. The lowest BCUT2D eigenvalue weighted by atomic mass is 9.91. The average molecular weight is 245 g/mol. The summed E-state index contributed by atoms with van der Waals surface area (Å²) >= 11 is 1.69. The molecule has 0 fully saturated rings. The zero-order valence-corrected chi connectivity index (χ0v) is 10.5. The van der Waals surface area contributed by atoms with E-state index in [1.807, 2.05) is 0 Å². The fraction of sp³-hybridized carbons (Fsp3) is 0.462. The van der Waals surface area contributed by atoms with E-state index < -0.39 is 0 Å². The predicted molar refractivity (Wildman–Crippen MR) is 72.4 cm³/mol. The van der Waals surface area contributed by atoms with E-state index in [1.165, 1.54) is 30.4 Å². The van der Waals surface area contributed by atoms with Crippen molar-refractivity contribution in [2.24, 2.45) is 15.2 Å². The number of thioether (sulfide) groups is 1. The minimum absolute atomic E-state index is 0.832. The summed E-state index contributed by atoms with van der Waals surface area (Å²) in [7, 11) is 0. The highest BCUT2D eigenvalue weighted by Crippen LogP contribution is 2.30. The Hall–Kier alpha value is -1.16. The Balaban J connectivity index is 1.87. The van der Waals surface area contributed by atoms with Gasteiger partial charge in [0.15, 0.2) is 0 Å². The number of rotatable bonds is 1. The van der Waals surface area contributed by atoms with Gasteiger partial charge in [0, 0.05) is 5.75 Å². The SMILES string of the molecule is c1cc2c(c(N=NC3=NCCS3)c1)CCCC2. The Morgan fingerprint density at radius 1 is 1.12 bits per heavy atom. The summed E-state index contributed by atoms with van der Waals surface area (Å²) in [6.45, 7) is 0.881. The number of nitrogens with zero attached hydrogens (tertiary/aromatic N) is 3. The van der Waals surface area contributed by atoms with Crippen molar-refractivity contribution in [3.63, 3.8) is 0 Å². The summed E-state index contributed by atoms with van der Waals surface area (Å²) in [5, 5.41) is 9.45. The highest BCUT2D eigenvalue weighted by molar-refractivity contribution is 8.14. The molecule has 0 spiro atoms. The van der Waals surface area contributed by atoms with Gasteiger partial charge in [-0.15, -0.1) is 10.2 Å². The molecule has 17 heavy (non-hydrogen) atoms. The third kappa shape index (κ3) is 2.41. The van der Waals surface area contributed by atoms with E-state index in [-0.39, 0.29) is 0 Å². The van der Waals surface area contributed by atoms with Crippen LogP contribution in [0.4, 0.5) is 5.69 Å². The van der Waals surface area contributed by atoms with Crippen molar-refractivity contribution in [2.45, 2.75) is 25.7 Å². The molecular weight excluding hydrogens is 230 g/mol. The lowest BCUT2D eigenvalue weighted by Crippen LogP contribution is -2.02. The van der Waals surface area contributed by atoms with Gasteiger partial charge in [-0.25, -0.2) is 0 Å². The largest absolute Gasteiger partial charge is 0.258 e. The van der Waals surface area contributed by atoms with E-state index in [4.69, 9.17) is 0 Å². The third-order valence-corrected chi connectivity index (χ3v) is 4.04. The molecule has 2 aliphatic rings. The van der Waals surface area contributed by atoms with Gasteiger partial charge in [0.1, 0.15) is 0 Å². The molecule has 0 unspecified atom stereocenters. The van der Waals surface area contributed by atoms with E-state index >= 15 is 0 Å². The van der Waals surface area contributed by atoms with Crippen molar-refractivity contribution in [3.8, 4) is 0 Å². The number of fused-ring (bicyclic) bond motifs is 1. The summed E-state index contributed by atoms with van der Waals surface area (Å²) in [6, 6.07) is 6.37. The third-order valence-electron chi connectivity index (χ3n) is 3.18. The van der Waals surface area contributed by atoms with Crippen molar-refractivity contribution in [1.82, 2.24) is 0 Å². The van der Waals surface area contributed by atoms with Crippen LogP contribution in [-0.4, -0.2) is 17.5 Å². The number of azo groups is 1. The fourth-order valence-electron chi connectivity index (χ4n) is 2.34. The molecule has 0 saturated heterocycles. The molecule has 1 aliphatic heterocycles. The summed E-state index contributed by atoms with van der Waals surface area (Å²) in [6.07, 6.45) is 4.91. The molecular formula is C13H15N3S. The lowest BCUT2D eigenvalue weighted by molar-refractivity contribution is 0.686. The molecule has 4 heteroatoms. The number of hydrogen-bond donors (Lipinski definition) is 0. The standard InChI is InChI=1S/C13H15N3S/c1-2-6-11-10(4-1)5-3-7-12(11)15-16-13-14-8-9-17-13/h3,5,7H,1-2,4,6,8-9H2. The highest BCUT2D eigenvalue weighted by Gasteiger charge is 2.13. The summed E-state index contributed by atoms with van der Waals surface area (Å²) in [4.78, 5) is 4.28. The van der Waals surface area contributed by atoms with Crippen LogP contribution in [0.1, 0.15) is 24.0 Å². The molecule has 0 amide bonds. The number of hydrogen-bond acceptors (Lipinski definition) is 4. The lowest BCUT2D eigenvalue weighted by Gasteiger charge is -2.16. The fourth-order valence-corrected chi connectivity index (χ4v) is 2.98. The van der Waals surface area contributed by atoms with Crippen molar-refractivity contribution < 1.29 is 0 Å². The molecule has 0 N–H and O–H groups in total. The monoisotopic (exact) mass is 245 g/mol. The van der Waals surface area contributed by atoms with Crippen LogP contribution in [0.25, 0.3) is 0 Å². The average Bonchev–Trinajstić information content (AvgIpc) is 2.89. The van der Waals surface area contributed by atoms with Gasteiger partial charge in [-0.05, 0) is 42.9 Å². The van der Waals surface area contributed by atoms with Crippen LogP contribution >= 0.6 is 11.8 Å². The predicted octanol–water partition coefficient (Wildman–Crippen LogP) is 3.75. The first-order valence-electron chi connectivity index (χ1n) is 6.13. The molecule has 0 saturated carbocycles. The summed E-state index contributed by atoms with van der Waals surface area (Å²) in [5.41, 5.74) is 3.89. The molecule has 0 radical (unpaired) electrons. The van der Waals surface area contributed by atoms with Crippen molar-refractivity contribution in [3.05, 3.63) is 29.3 Å². The molecule has 1 aromatic carbocycles. The zero-order valence-electron chi connectivity index (χ0n) is 9.72. The van der Waals surface area contributed by atoms with Crippen LogP contribution in [0, 0.1) is 0 Å². The normalized spacial score (nSPS) is 19.4. The van der Waals surface area contributed by atoms with Gasteiger partial charge in [-0.1, -0.05) is 23.9 Å². The molecule has 3 rings (SSSR count). The van der Waals surface area contributed by atoms with E-state index in [0.717, 1.165) is 29.6 Å². The molecule has 88 valence electrons. The van der Waals surface area contributed by atoms with Gasteiger partial charge in [0.25, 0.3) is 0 Å². The van der Waals surface area contributed by atoms with E-state index in [2.05, 4.69) is 33.4 Å². The van der Waals surface area contributed by atoms with Crippen LogP contribution in [0.5, 0.6) is 0 Å². The van der Waals surface area contributed by atoms with Gasteiger partial charge in [0.05, 0.1) is 12.2 Å². The molecule has 1 aliphatic carbocycles. The van der Waals surface area contributed by atoms with Gasteiger partial charge in [-0.2, -0.15) is 0 Å². The summed E-state index contributed by atoms with van der Waals surface area (Å²) in [5.74, 6) is 1.04. The second-order valence-electron chi connectivity index (χ2n) is 4.33. The van der Waals surface area contributed by atoms with Crippen LogP contribution in [0.3, 0.4) is 0 Å². The van der Waals surface area contributed by atoms with Crippen LogP contribution in [0.2, 0.25) is 0 Å². The van der Waals surface area contributed by atoms with E-state index in [0.29, 0.717) is 0 Å². The number of aryl methyl sites for hydroxylation is 1.